The molecule has 1 aliphatic rings. The van der Waals surface area contributed by atoms with Crippen molar-refractivity contribution in [3.63, 3.8) is 0 Å². The second-order valence-electron chi connectivity index (χ2n) is 4.43. The van der Waals surface area contributed by atoms with Crippen LogP contribution in [0.3, 0.4) is 0 Å². The number of nitrogens with one attached hydrogen (secondary N) is 1. The number of carbonyl (C=O) groups excluding carboxylic acids is 1. The van der Waals surface area contributed by atoms with Crippen LogP contribution in [-0.4, -0.2) is 21.7 Å². The Morgan fingerprint density at radius 2 is 2.47 bits per heavy atom. The molecule has 0 aliphatic carbocycles. The van der Waals surface area contributed by atoms with Gasteiger partial charge in [0.15, 0.2) is 0 Å². The molecule has 1 amide bonds. The van der Waals surface area contributed by atoms with E-state index < -0.39 is 0 Å². The zero-order valence-corrected chi connectivity index (χ0v) is 9.23. The maximum Gasteiger partial charge on any atom is 0.220 e. The summed E-state index contributed by atoms with van der Waals surface area (Å²) in [5.74, 6) is 0.177. The number of amides is 1. The van der Waals surface area contributed by atoms with Crippen molar-refractivity contribution in [3.05, 3.63) is 18.0 Å². The number of nitrogens with zero attached hydrogens (tertiary/aromatic N) is 2. The highest BCUT2D eigenvalue weighted by Gasteiger charge is 2.21. The minimum atomic E-state index is 0.177. The van der Waals surface area contributed by atoms with Gasteiger partial charge in [0, 0.05) is 24.7 Å². The summed E-state index contributed by atoms with van der Waals surface area (Å²) >= 11 is 0. The van der Waals surface area contributed by atoms with Gasteiger partial charge in [0.1, 0.15) is 0 Å². The van der Waals surface area contributed by atoms with Crippen LogP contribution < -0.4 is 5.32 Å². The predicted octanol–water partition coefficient (Wildman–Crippen LogP) is 1.29. The summed E-state index contributed by atoms with van der Waals surface area (Å²) in [6, 6.07) is 0.708. The van der Waals surface area contributed by atoms with Crippen molar-refractivity contribution < 1.29 is 4.79 Å². The first-order valence-corrected chi connectivity index (χ1v) is 5.47. The Kier molecular flexibility index (Phi) is 2.75. The van der Waals surface area contributed by atoms with Crippen molar-refractivity contribution in [1.29, 1.82) is 0 Å². The van der Waals surface area contributed by atoms with Crippen LogP contribution in [0.15, 0.2) is 12.4 Å². The lowest BCUT2D eigenvalue weighted by Crippen LogP contribution is -2.26. The number of hydrogen-bond donors (Lipinski definition) is 1. The van der Waals surface area contributed by atoms with Gasteiger partial charge >= 0.3 is 0 Å². The van der Waals surface area contributed by atoms with E-state index in [-0.39, 0.29) is 5.91 Å². The molecule has 0 spiro atoms. The molecule has 0 radical (unpaired) electrons. The van der Waals surface area contributed by atoms with E-state index in [0.717, 1.165) is 12.8 Å². The second-order valence-corrected chi connectivity index (χ2v) is 4.43. The summed E-state index contributed by atoms with van der Waals surface area (Å²) < 4.78 is 1.95. The van der Waals surface area contributed by atoms with E-state index in [9.17, 15) is 4.79 Å². The molecule has 1 aromatic heterocycles. The quantitative estimate of drug-likeness (QED) is 0.811. The first kappa shape index (κ1) is 10.2. The molecular weight excluding hydrogens is 190 g/mol. The molecule has 1 atom stereocenters. The Morgan fingerprint density at radius 3 is 3.00 bits per heavy atom. The van der Waals surface area contributed by atoms with Crippen LogP contribution >= 0.6 is 0 Å². The largest absolute Gasteiger partial charge is 0.353 e. The topological polar surface area (TPSA) is 46.9 Å². The van der Waals surface area contributed by atoms with E-state index in [4.69, 9.17) is 0 Å². The minimum absolute atomic E-state index is 0.177. The van der Waals surface area contributed by atoms with Crippen molar-refractivity contribution in [1.82, 2.24) is 15.1 Å². The van der Waals surface area contributed by atoms with Gasteiger partial charge in [0.25, 0.3) is 0 Å². The molecule has 4 nitrogen and oxygen atoms in total. The molecule has 1 aliphatic heterocycles. The lowest BCUT2D eigenvalue weighted by Gasteiger charge is -2.07. The van der Waals surface area contributed by atoms with Crippen molar-refractivity contribution in [2.75, 3.05) is 0 Å². The van der Waals surface area contributed by atoms with E-state index in [2.05, 4.69) is 30.5 Å². The van der Waals surface area contributed by atoms with Gasteiger partial charge in [0.05, 0.1) is 6.20 Å². The standard InChI is InChI=1S/C11H17N3O/c1-8(2)14-7-9(6-12-14)5-10-3-4-11(15)13-10/h6-8,10H,3-5H2,1-2H3,(H,13,15). The average Bonchev–Trinajstić information content (AvgIpc) is 2.76. The molecule has 0 aromatic carbocycles. The first-order chi connectivity index (χ1) is 7.15. The van der Waals surface area contributed by atoms with Gasteiger partial charge in [-0.25, -0.2) is 0 Å². The molecule has 82 valence electrons. The predicted molar refractivity (Wildman–Crippen MR) is 57.5 cm³/mol. The third-order valence-corrected chi connectivity index (χ3v) is 2.75. The molecule has 2 rings (SSSR count). The van der Waals surface area contributed by atoms with Crippen LogP contribution in [0.25, 0.3) is 0 Å². The summed E-state index contributed by atoms with van der Waals surface area (Å²) in [5.41, 5.74) is 1.20. The van der Waals surface area contributed by atoms with E-state index >= 15 is 0 Å². The van der Waals surface area contributed by atoms with Crippen LogP contribution in [0.4, 0.5) is 0 Å². The zero-order chi connectivity index (χ0) is 10.8. The van der Waals surface area contributed by atoms with Crippen LogP contribution in [0.1, 0.15) is 38.3 Å². The third-order valence-electron chi connectivity index (χ3n) is 2.75. The molecule has 2 heterocycles. The van der Waals surface area contributed by atoms with Crippen molar-refractivity contribution in [3.8, 4) is 0 Å². The second kappa shape index (κ2) is 4.04. The van der Waals surface area contributed by atoms with E-state index in [1.165, 1.54) is 5.56 Å². The molecular formula is C11H17N3O. The first-order valence-electron chi connectivity index (χ1n) is 5.47. The maximum atomic E-state index is 11.0. The number of carbonyl (C=O) groups is 1. The molecule has 1 fully saturated rings. The minimum Gasteiger partial charge on any atom is -0.353 e. The summed E-state index contributed by atoms with van der Waals surface area (Å²) in [6.45, 7) is 4.21. The summed E-state index contributed by atoms with van der Waals surface area (Å²) in [4.78, 5) is 11.0. The van der Waals surface area contributed by atoms with Gasteiger partial charge < -0.3 is 5.32 Å². The van der Waals surface area contributed by atoms with Crippen molar-refractivity contribution in [2.24, 2.45) is 0 Å². The van der Waals surface area contributed by atoms with E-state index in [1.807, 2.05) is 10.9 Å². The summed E-state index contributed by atoms with van der Waals surface area (Å²) in [7, 11) is 0. The molecule has 1 unspecified atom stereocenters. The Labute approximate surface area is 89.7 Å². The van der Waals surface area contributed by atoms with Crippen molar-refractivity contribution >= 4 is 5.91 Å². The number of aromatic nitrogens is 2. The third kappa shape index (κ3) is 2.37. The molecule has 1 saturated heterocycles. The van der Waals surface area contributed by atoms with Crippen LogP contribution in [0.5, 0.6) is 0 Å². The Bertz CT molecular complexity index is 356. The number of rotatable bonds is 3. The lowest BCUT2D eigenvalue weighted by atomic mass is 10.1. The molecule has 1 N–H and O–H groups in total. The molecule has 0 bridgehead atoms. The monoisotopic (exact) mass is 207 g/mol. The van der Waals surface area contributed by atoms with Gasteiger partial charge in [-0.1, -0.05) is 0 Å². The Balaban J connectivity index is 1.96. The number of hydrogen-bond acceptors (Lipinski definition) is 2. The SMILES string of the molecule is CC(C)n1cc(CC2CCC(=O)N2)cn1. The van der Waals surface area contributed by atoms with Crippen LogP contribution in [0, 0.1) is 0 Å². The maximum absolute atomic E-state index is 11.0. The average molecular weight is 207 g/mol. The molecule has 15 heavy (non-hydrogen) atoms. The van der Waals surface area contributed by atoms with Crippen LogP contribution in [0.2, 0.25) is 0 Å². The lowest BCUT2D eigenvalue weighted by molar-refractivity contribution is -0.119. The van der Waals surface area contributed by atoms with Gasteiger partial charge in [-0.15, -0.1) is 0 Å². The highest BCUT2D eigenvalue weighted by Crippen LogP contribution is 2.13. The fourth-order valence-electron chi connectivity index (χ4n) is 1.88. The summed E-state index contributed by atoms with van der Waals surface area (Å²) in [6.07, 6.45) is 6.48. The van der Waals surface area contributed by atoms with Gasteiger partial charge in [-0.2, -0.15) is 5.10 Å². The van der Waals surface area contributed by atoms with E-state index in [0.29, 0.717) is 18.5 Å². The van der Waals surface area contributed by atoms with Gasteiger partial charge in [0.2, 0.25) is 5.91 Å². The molecule has 1 aromatic rings. The fourth-order valence-corrected chi connectivity index (χ4v) is 1.88. The highest BCUT2D eigenvalue weighted by atomic mass is 16.1. The smallest absolute Gasteiger partial charge is 0.220 e. The van der Waals surface area contributed by atoms with Crippen LogP contribution in [-0.2, 0) is 11.2 Å². The van der Waals surface area contributed by atoms with Gasteiger partial charge in [-0.3, -0.25) is 9.48 Å². The van der Waals surface area contributed by atoms with Crippen molar-refractivity contribution in [2.45, 2.75) is 45.2 Å². The fraction of sp³-hybridized carbons (Fsp3) is 0.636. The zero-order valence-electron chi connectivity index (χ0n) is 9.23. The normalized spacial score (nSPS) is 21.0. The van der Waals surface area contributed by atoms with E-state index in [1.54, 1.807) is 0 Å². The molecule has 4 heteroatoms. The summed E-state index contributed by atoms with van der Waals surface area (Å²) in [5, 5.41) is 7.25. The highest BCUT2D eigenvalue weighted by molar-refractivity contribution is 5.78. The Hall–Kier alpha value is -1.32. The molecule has 0 saturated carbocycles. The van der Waals surface area contributed by atoms with Gasteiger partial charge in [-0.05, 0) is 32.3 Å². The Morgan fingerprint density at radius 1 is 1.67 bits per heavy atom.